The molecule has 0 unspecified atom stereocenters. The van der Waals surface area contributed by atoms with E-state index in [0.29, 0.717) is 18.7 Å². The van der Waals surface area contributed by atoms with Crippen molar-refractivity contribution < 1.29 is 9.53 Å². The van der Waals surface area contributed by atoms with Crippen LogP contribution in [0.3, 0.4) is 0 Å². The summed E-state index contributed by atoms with van der Waals surface area (Å²) in [5, 5.41) is 12.3. The van der Waals surface area contributed by atoms with Crippen LogP contribution in [-0.4, -0.2) is 36.4 Å². The predicted molar refractivity (Wildman–Crippen MR) is 112 cm³/mol. The fourth-order valence-corrected chi connectivity index (χ4v) is 3.36. The molecule has 1 N–H and O–H groups in total. The Kier molecular flexibility index (Phi) is 7.17. The van der Waals surface area contributed by atoms with Gasteiger partial charge in [0.25, 0.3) is 5.91 Å². The Hall–Kier alpha value is -2.70. The van der Waals surface area contributed by atoms with Crippen LogP contribution in [0.5, 0.6) is 0 Å². The average molecular weight is 394 g/mol. The van der Waals surface area contributed by atoms with Crippen LogP contribution >= 0.6 is 11.8 Å². The van der Waals surface area contributed by atoms with Gasteiger partial charge in [0.1, 0.15) is 5.03 Å². The highest BCUT2D eigenvalue weighted by Crippen LogP contribution is 2.23. The first-order valence-corrected chi connectivity index (χ1v) is 10.0. The van der Waals surface area contributed by atoms with E-state index in [9.17, 15) is 4.79 Å². The van der Waals surface area contributed by atoms with Crippen molar-refractivity contribution in [3.63, 3.8) is 0 Å². The highest BCUT2D eigenvalue weighted by molar-refractivity contribution is 7.98. The number of benzene rings is 2. The average Bonchev–Trinajstić information content (AvgIpc) is 2.73. The van der Waals surface area contributed by atoms with E-state index in [-0.39, 0.29) is 5.91 Å². The van der Waals surface area contributed by atoms with Gasteiger partial charge in [-0.1, -0.05) is 53.7 Å². The maximum absolute atomic E-state index is 12.1. The molecule has 0 saturated heterocycles. The number of thioether (sulfide) groups is 1. The molecular formula is C22H23N3O2S. The molecule has 0 saturated carbocycles. The number of ether oxygens (including phenoxy) is 1. The Bertz CT molecular complexity index is 912. The third-order valence-corrected chi connectivity index (χ3v) is 5.15. The number of carbonyl (C=O) groups is 1. The van der Waals surface area contributed by atoms with Crippen molar-refractivity contribution in [2.75, 3.05) is 20.3 Å². The van der Waals surface area contributed by atoms with Crippen molar-refractivity contribution in [3.8, 4) is 11.3 Å². The van der Waals surface area contributed by atoms with E-state index in [1.165, 1.54) is 5.56 Å². The summed E-state index contributed by atoms with van der Waals surface area (Å²) in [6.45, 7) is 3.06. The molecule has 2 aromatic carbocycles. The highest BCUT2D eigenvalue weighted by atomic mass is 32.2. The van der Waals surface area contributed by atoms with Crippen LogP contribution in [0.2, 0.25) is 0 Å². The second-order valence-electron chi connectivity index (χ2n) is 6.36. The molecule has 1 heterocycles. The van der Waals surface area contributed by atoms with Crippen LogP contribution < -0.4 is 5.32 Å². The molecule has 0 aliphatic rings. The van der Waals surface area contributed by atoms with E-state index in [4.69, 9.17) is 4.74 Å². The van der Waals surface area contributed by atoms with Crippen molar-refractivity contribution in [3.05, 3.63) is 77.4 Å². The van der Waals surface area contributed by atoms with Gasteiger partial charge in [-0.2, -0.15) is 0 Å². The van der Waals surface area contributed by atoms with Crippen molar-refractivity contribution >= 4 is 17.7 Å². The van der Waals surface area contributed by atoms with E-state index in [2.05, 4.69) is 46.7 Å². The minimum absolute atomic E-state index is 0.0915. The first kappa shape index (κ1) is 20.0. The molecule has 3 rings (SSSR count). The van der Waals surface area contributed by atoms with Gasteiger partial charge in [0, 0.05) is 30.5 Å². The molecule has 0 aliphatic heterocycles. The summed E-state index contributed by atoms with van der Waals surface area (Å²) in [5.74, 6) is 0.628. The predicted octanol–water partition coefficient (Wildman–Crippen LogP) is 4.12. The van der Waals surface area contributed by atoms with Crippen molar-refractivity contribution in [1.82, 2.24) is 15.5 Å². The second kappa shape index (κ2) is 10.0. The number of nitrogens with zero attached hydrogens (tertiary/aromatic N) is 2. The summed E-state index contributed by atoms with van der Waals surface area (Å²) in [6.07, 6.45) is 0. The van der Waals surface area contributed by atoms with Crippen LogP contribution in [0.4, 0.5) is 0 Å². The summed E-state index contributed by atoms with van der Waals surface area (Å²) in [4.78, 5) is 12.1. The Morgan fingerprint density at radius 1 is 1.07 bits per heavy atom. The first-order valence-electron chi connectivity index (χ1n) is 9.05. The Morgan fingerprint density at radius 2 is 1.89 bits per heavy atom. The van der Waals surface area contributed by atoms with Gasteiger partial charge in [-0.05, 0) is 36.8 Å². The molecule has 1 amide bonds. The van der Waals surface area contributed by atoms with E-state index in [0.717, 1.165) is 27.6 Å². The summed E-state index contributed by atoms with van der Waals surface area (Å²) in [5.41, 5.74) is 4.85. The van der Waals surface area contributed by atoms with E-state index >= 15 is 0 Å². The summed E-state index contributed by atoms with van der Waals surface area (Å²) in [6, 6.07) is 19.8. The maximum Gasteiger partial charge on any atom is 0.251 e. The normalized spacial score (nSPS) is 10.6. The van der Waals surface area contributed by atoms with Gasteiger partial charge < -0.3 is 10.1 Å². The Labute approximate surface area is 169 Å². The number of aryl methyl sites for hydroxylation is 1. The summed E-state index contributed by atoms with van der Waals surface area (Å²) < 4.78 is 4.95. The molecule has 0 bridgehead atoms. The largest absolute Gasteiger partial charge is 0.383 e. The molecular weight excluding hydrogens is 370 g/mol. The third kappa shape index (κ3) is 5.65. The standard InChI is InChI=1S/C22H23N3O2S/c1-16-6-8-18(9-7-16)20-10-11-21(25-24-20)28-15-17-4-3-5-19(14-17)22(26)23-12-13-27-2/h3-11,14H,12-13,15H2,1-2H3,(H,23,26). The lowest BCUT2D eigenvalue weighted by atomic mass is 10.1. The number of amides is 1. The molecule has 0 aliphatic carbocycles. The van der Waals surface area contributed by atoms with Gasteiger partial charge >= 0.3 is 0 Å². The number of hydrogen-bond acceptors (Lipinski definition) is 5. The van der Waals surface area contributed by atoms with Crippen molar-refractivity contribution in [2.24, 2.45) is 0 Å². The van der Waals surface area contributed by atoms with Crippen LogP contribution in [0, 0.1) is 6.92 Å². The lowest BCUT2D eigenvalue weighted by Crippen LogP contribution is -2.26. The number of nitrogens with one attached hydrogen (secondary N) is 1. The number of carbonyl (C=O) groups excluding carboxylic acids is 1. The van der Waals surface area contributed by atoms with Gasteiger partial charge in [-0.15, -0.1) is 10.2 Å². The number of rotatable bonds is 8. The summed E-state index contributed by atoms with van der Waals surface area (Å²) >= 11 is 1.60. The molecule has 0 fully saturated rings. The second-order valence-corrected chi connectivity index (χ2v) is 7.36. The number of hydrogen-bond donors (Lipinski definition) is 1. The van der Waals surface area contributed by atoms with Crippen LogP contribution in [0.1, 0.15) is 21.5 Å². The van der Waals surface area contributed by atoms with E-state index in [1.54, 1.807) is 18.9 Å². The fraction of sp³-hybridized carbons (Fsp3) is 0.227. The number of aromatic nitrogens is 2. The van der Waals surface area contributed by atoms with Crippen molar-refractivity contribution in [2.45, 2.75) is 17.7 Å². The lowest BCUT2D eigenvalue weighted by molar-refractivity contribution is 0.0937. The van der Waals surface area contributed by atoms with Gasteiger partial charge in [0.2, 0.25) is 0 Å². The molecule has 1 aromatic heterocycles. The third-order valence-electron chi connectivity index (χ3n) is 4.16. The monoisotopic (exact) mass is 393 g/mol. The SMILES string of the molecule is COCCNC(=O)c1cccc(CSc2ccc(-c3ccc(C)cc3)nn2)c1. The molecule has 28 heavy (non-hydrogen) atoms. The molecule has 0 spiro atoms. The first-order chi connectivity index (χ1) is 13.7. The molecule has 0 atom stereocenters. The quantitative estimate of drug-likeness (QED) is 0.461. The van der Waals surface area contributed by atoms with Gasteiger partial charge in [-0.25, -0.2) is 0 Å². The van der Waals surface area contributed by atoms with Gasteiger partial charge in [0.15, 0.2) is 0 Å². The van der Waals surface area contributed by atoms with Gasteiger partial charge in [0.05, 0.1) is 12.3 Å². The van der Waals surface area contributed by atoms with Crippen LogP contribution in [0.15, 0.2) is 65.7 Å². The highest BCUT2D eigenvalue weighted by Gasteiger charge is 2.07. The minimum atomic E-state index is -0.0915. The minimum Gasteiger partial charge on any atom is -0.383 e. The van der Waals surface area contributed by atoms with Gasteiger partial charge in [-0.3, -0.25) is 4.79 Å². The fourth-order valence-electron chi connectivity index (χ4n) is 2.60. The Morgan fingerprint density at radius 3 is 2.61 bits per heavy atom. The molecule has 5 nitrogen and oxygen atoms in total. The Balaban J connectivity index is 1.59. The molecule has 3 aromatic rings. The zero-order valence-electron chi connectivity index (χ0n) is 16.0. The zero-order chi connectivity index (χ0) is 19.8. The number of methoxy groups -OCH3 is 1. The van der Waals surface area contributed by atoms with Crippen LogP contribution in [-0.2, 0) is 10.5 Å². The van der Waals surface area contributed by atoms with E-state index < -0.39 is 0 Å². The maximum atomic E-state index is 12.1. The smallest absolute Gasteiger partial charge is 0.251 e. The van der Waals surface area contributed by atoms with Crippen LogP contribution in [0.25, 0.3) is 11.3 Å². The molecule has 144 valence electrons. The van der Waals surface area contributed by atoms with Crippen molar-refractivity contribution in [1.29, 1.82) is 0 Å². The van der Waals surface area contributed by atoms with E-state index in [1.807, 2.05) is 36.4 Å². The molecule has 0 radical (unpaired) electrons. The topological polar surface area (TPSA) is 64.1 Å². The molecule has 6 heteroatoms. The zero-order valence-corrected chi connectivity index (χ0v) is 16.8. The lowest BCUT2D eigenvalue weighted by Gasteiger charge is -2.07. The summed E-state index contributed by atoms with van der Waals surface area (Å²) in [7, 11) is 1.61.